The first-order valence-corrected chi connectivity index (χ1v) is 23.8. The highest BCUT2D eigenvalue weighted by atomic mass is 16.6. The highest BCUT2D eigenvalue weighted by Gasteiger charge is 2.19. The minimum atomic E-state index is -0.769. The van der Waals surface area contributed by atoms with Gasteiger partial charge in [-0.3, -0.25) is 14.4 Å². The Bertz CT molecular complexity index is 896. The quantitative estimate of drug-likeness (QED) is 0.0266. The molecular weight excluding hydrogens is 685 g/mol. The molecule has 0 amide bonds. The van der Waals surface area contributed by atoms with Gasteiger partial charge in [-0.2, -0.15) is 0 Å². The van der Waals surface area contributed by atoms with E-state index in [0.717, 1.165) is 77.0 Å². The van der Waals surface area contributed by atoms with Crippen molar-refractivity contribution < 1.29 is 28.6 Å². The van der Waals surface area contributed by atoms with Crippen molar-refractivity contribution in [2.75, 3.05) is 13.2 Å². The van der Waals surface area contributed by atoms with Crippen molar-refractivity contribution in [3.05, 3.63) is 24.3 Å². The molecule has 0 saturated heterocycles. The fraction of sp³-hybridized carbons (Fsp3) is 0.857. The van der Waals surface area contributed by atoms with Crippen LogP contribution in [0.1, 0.15) is 252 Å². The molecule has 0 N–H and O–H groups in total. The Balaban J connectivity index is 4.36. The summed E-state index contributed by atoms with van der Waals surface area (Å²) in [5.74, 6) is -0.879. The van der Waals surface area contributed by atoms with Gasteiger partial charge in [0.1, 0.15) is 13.2 Å². The Kier molecular flexibility index (Phi) is 42.9. The minimum Gasteiger partial charge on any atom is -0.462 e. The fourth-order valence-electron chi connectivity index (χ4n) is 6.81. The lowest BCUT2D eigenvalue weighted by Crippen LogP contribution is -2.30. The molecule has 0 bridgehead atoms. The second kappa shape index (κ2) is 44.6. The molecule has 0 heterocycles. The van der Waals surface area contributed by atoms with E-state index in [9.17, 15) is 14.4 Å². The van der Waals surface area contributed by atoms with Crippen LogP contribution < -0.4 is 0 Å². The Labute approximate surface area is 341 Å². The van der Waals surface area contributed by atoms with Crippen molar-refractivity contribution in [1.29, 1.82) is 0 Å². The summed E-state index contributed by atoms with van der Waals surface area (Å²) in [7, 11) is 0. The van der Waals surface area contributed by atoms with Crippen molar-refractivity contribution in [2.45, 2.75) is 258 Å². The second-order valence-electron chi connectivity index (χ2n) is 16.0. The van der Waals surface area contributed by atoms with Crippen LogP contribution in [-0.4, -0.2) is 37.2 Å². The van der Waals surface area contributed by atoms with Crippen LogP contribution in [0.25, 0.3) is 0 Å². The number of carbonyl (C=O) groups is 3. The molecule has 0 fully saturated rings. The fourth-order valence-corrected chi connectivity index (χ4v) is 6.81. The largest absolute Gasteiger partial charge is 0.462 e. The average Bonchev–Trinajstić information content (AvgIpc) is 3.18. The molecular formula is C49H90O6. The standard InChI is InChI=1S/C49H90O6/c1-4-7-10-13-16-19-22-24-26-27-30-33-36-39-42-48(51)54-45-46(44-53-47(50)41-38-35-32-29-21-18-15-12-9-6-3)55-49(52)43-40-37-34-31-28-25-23-20-17-14-11-8-5-2/h13,16,22,24,46H,4-12,14-15,17-21,23,25-45H2,1-3H3/b16-13-,24-22-/t46-/m1/s1. The average molecular weight is 775 g/mol. The van der Waals surface area contributed by atoms with E-state index in [-0.39, 0.29) is 31.1 Å². The summed E-state index contributed by atoms with van der Waals surface area (Å²) in [6.45, 7) is 6.58. The molecule has 0 aromatic carbocycles. The molecule has 0 aromatic heterocycles. The summed E-state index contributed by atoms with van der Waals surface area (Å²) in [4.78, 5) is 37.8. The van der Waals surface area contributed by atoms with Crippen LogP contribution in [0.4, 0.5) is 0 Å². The lowest BCUT2D eigenvalue weighted by atomic mass is 10.0. The van der Waals surface area contributed by atoms with E-state index in [1.54, 1.807) is 0 Å². The molecule has 0 spiro atoms. The van der Waals surface area contributed by atoms with Crippen molar-refractivity contribution in [3.63, 3.8) is 0 Å². The van der Waals surface area contributed by atoms with Crippen LogP contribution in [-0.2, 0) is 28.6 Å². The zero-order valence-corrected chi connectivity index (χ0v) is 36.7. The van der Waals surface area contributed by atoms with Crippen LogP contribution in [0.3, 0.4) is 0 Å². The van der Waals surface area contributed by atoms with E-state index in [1.165, 1.54) is 135 Å². The lowest BCUT2D eigenvalue weighted by molar-refractivity contribution is -0.167. The van der Waals surface area contributed by atoms with Crippen LogP contribution in [0.5, 0.6) is 0 Å². The highest BCUT2D eigenvalue weighted by Crippen LogP contribution is 2.15. The number of hydrogen-bond acceptors (Lipinski definition) is 6. The van der Waals surface area contributed by atoms with Gasteiger partial charge >= 0.3 is 17.9 Å². The normalized spacial score (nSPS) is 12.1. The molecule has 0 aromatic rings. The third-order valence-corrected chi connectivity index (χ3v) is 10.5. The zero-order chi connectivity index (χ0) is 40.1. The molecule has 6 nitrogen and oxygen atoms in total. The van der Waals surface area contributed by atoms with Crippen LogP contribution in [0.15, 0.2) is 24.3 Å². The van der Waals surface area contributed by atoms with Gasteiger partial charge in [0.15, 0.2) is 6.10 Å². The molecule has 0 rings (SSSR count). The predicted molar refractivity (Wildman–Crippen MR) is 233 cm³/mol. The number of rotatable bonds is 43. The van der Waals surface area contributed by atoms with Gasteiger partial charge in [0.05, 0.1) is 0 Å². The lowest BCUT2D eigenvalue weighted by Gasteiger charge is -2.18. The zero-order valence-electron chi connectivity index (χ0n) is 36.7. The first-order chi connectivity index (χ1) is 27.0. The van der Waals surface area contributed by atoms with Gasteiger partial charge in [-0.1, -0.05) is 212 Å². The smallest absolute Gasteiger partial charge is 0.306 e. The van der Waals surface area contributed by atoms with Crippen LogP contribution >= 0.6 is 0 Å². The van der Waals surface area contributed by atoms with Crippen molar-refractivity contribution in [3.8, 4) is 0 Å². The molecule has 0 aliphatic heterocycles. The van der Waals surface area contributed by atoms with E-state index < -0.39 is 6.10 Å². The topological polar surface area (TPSA) is 78.9 Å². The SMILES string of the molecule is CCCC/C=C\C/C=C\CCCCCCCC(=O)OC[C@@H](COC(=O)CCCCCCCCCCCC)OC(=O)CCCCCCCCCCCCCCC. The minimum absolute atomic E-state index is 0.0716. The maximum Gasteiger partial charge on any atom is 0.306 e. The molecule has 0 aliphatic carbocycles. The summed E-state index contributed by atoms with van der Waals surface area (Å²) in [6, 6.07) is 0. The van der Waals surface area contributed by atoms with Gasteiger partial charge in [-0.15, -0.1) is 0 Å². The second-order valence-corrected chi connectivity index (χ2v) is 16.0. The summed E-state index contributed by atoms with van der Waals surface area (Å²) in [5, 5.41) is 0. The molecule has 1 atom stereocenters. The van der Waals surface area contributed by atoms with E-state index in [1.807, 2.05) is 0 Å². The monoisotopic (exact) mass is 775 g/mol. The molecule has 0 radical (unpaired) electrons. The van der Waals surface area contributed by atoms with E-state index in [4.69, 9.17) is 14.2 Å². The number of unbranched alkanes of at least 4 members (excludes halogenated alkanes) is 28. The molecule has 0 aliphatic rings. The van der Waals surface area contributed by atoms with Crippen molar-refractivity contribution >= 4 is 17.9 Å². The van der Waals surface area contributed by atoms with Crippen molar-refractivity contribution in [1.82, 2.24) is 0 Å². The van der Waals surface area contributed by atoms with Crippen LogP contribution in [0, 0.1) is 0 Å². The van der Waals surface area contributed by atoms with Gasteiger partial charge in [-0.05, 0) is 44.9 Å². The van der Waals surface area contributed by atoms with Crippen LogP contribution in [0.2, 0.25) is 0 Å². The number of carbonyl (C=O) groups excluding carboxylic acids is 3. The van der Waals surface area contributed by atoms with E-state index in [2.05, 4.69) is 45.1 Å². The number of allylic oxidation sites excluding steroid dienone is 4. The van der Waals surface area contributed by atoms with Gasteiger partial charge in [0.2, 0.25) is 0 Å². The van der Waals surface area contributed by atoms with Gasteiger partial charge in [0, 0.05) is 19.3 Å². The molecule has 6 heteroatoms. The maximum atomic E-state index is 12.7. The Morgan fingerprint density at radius 3 is 1.05 bits per heavy atom. The molecule has 0 unspecified atom stereocenters. The summed E-state index contributed by atoms with van der Waals surface area (Å²) in [5.41, 5.74) is 0. The molecule has 322 valence electrons. The summed E-state index contributed by atoms with van der Waals surface area (Å²) in [6.07, 6.45) is 48.7. The summed E-state index contributed by atoms with van der Waals surface area (Å²) < 4.78 is 16.7. The first kappa shape index (κ1) is 52.9. The Morgan fingerprint density at radius 1 is 0.364 bits per heavy atom. The predicted octanol–water partition coefficient (Wildman–Crippen LogP) is 15.2. The third-order valence-electron chi connectivity index (χ3n) is 10.5. The van der Waals surface area contributed by atoms with Gasteiger partial charge in [-0.25, -0.2) is 0 Å². The number of hydrogen-bond donors (Lipinski definition) is 0. The highest BCUT2D eigenvalue weighted by molar-refractivity contribution is 5.71. The number of esters is 3. The van der Waals surface area contributed by atoms with Gasteiger partial charge in [0.25, 0.3) is 0 Å². The number of ether oxygens (including phenoxy) is 3. The Morgan fingerprint density at radius 2 is 0.673 bits per heavy atom. The molecule has 55 heavy (non-hydrogen) atoms. The van der Waals surface area contributed by atoms with Gasteiger partial charge < -0.3 is 14.2 Å². The Hall–Kier alpha value is -2.11. The summed E-state index contributed by atoms with van der Waals surface area (Å²) >= 11 is 0. The van der Waals surface area contributed by atoms with E-state index in [0.29, 0.717) is 19.3 Å². The maximum absolute atomic E-state index is 12.7. The third kappa shape index (κ3) is 42.9. The van der Waals surface area contributed by atoms with E-state index >= 15 is 0 Å². The first-order valence-electron chi connectivity index (χ1n) is 23.8. The molecule has 0 saturated carbocycles. The van der Waals surface area contributed by atoms with Crippen molar-refractivity contribution in [2.24, 2.45) is 0 Å².